The molecule has 0 atom stereocenters. The molecule has 0 fully saturated rings. The Kier molecular flexibility index (Phi) is 7.24. The Balaban J connectivity index is 1.60. The number of rotatable bonds is 10. The molecule has 4 aromatic rings. The minimum absolute atomic E-state index is 0.0568. The van der Waals surface area contributed by atoms with Crippen LogP contribution in [0.4, 0.5) is 17.1 Å². The molecule has 36 heavy (non-hydrogen) atoms. The first-order chi connectivity index (χ1) is 17.5. The van der Waals surface area contributed by atoms with Crippen LogP contribution in [0.5, 0.6) is 17.2 Å². The van der Waals surface area contributed by atoms with Crippen molar-refractivity contribution in [2.24, 2.45) is 0 Å². The molecular weight excluding hydrogens is 464 g/mol. The molecule has 0 aliphatic carbocycles. The van der Waals surface area contributed by atoms with Gasteiger partial charge in [-0.3, -0.25) is 14.9 Å². The molecule has 3 N–H and O–H groups in total. The number of methoxy groups -OCH3 is 3. The van der Waals surface area contributed by atoms with Crippen molar-refractivity contribution < 1.29 is 23.9 Å². The van der Waals surface area contributed by atoms with Crippen molar-refractivity contribution in [1.82, 2.24) is 10.3 Å². The normalized spacial score (nSPS) is 10.6. The maximum Gasteiger partial charge on any atom is 0.293 e. The number of nitrogens with zero attached hydrogens (tertiary/aromatic N) is 1. The molecule has 186 valence electrons. The van der Waals surface area contributed by atoms with Crippen molar-refractivity contribution in [3.05, 3.63) is 82.0 Å². The topological polar surface area (TPSA) is 128 Å². The van der Waals surface area contributed by atoms with Gasteiger partial charge < -0.3 is 29.8 Å². The molecule has 0 saturated heterocycles. The summed E-state index contributed by atoms with van der Waals surface area (Å²) in [6.45, 7) is 0.354. The molecule has 0 radical (unpaired) electrons. The number of benzene rings is 3. The van der Waals surface area contributed by atoms with Gasteiger partial charge in [0, 0.05) is 47.5 Å². The summed E-state index contributed by atoms with van der Waals surface area (Å²) in [5, 5.41) is 18.8. The Labute approximate surface area is 207 Å². The zero-order valence-corrected chi connectivity index (χ0v) is 20.1. The van der Waals surface area contributed by atoms with Gasteiger partial charge in [0.1, 0.15) is 5.69 Å². The van der Waals surface area contributed by atoms with Crippen LogP contribution < -0.4 is 24.8 Å². The van der Waals surface area contributed by atoms with E-state index in [1.54, 1.807) is 12.1 Å². The second-order valence-corrected chi connectivity index (χ2v) is 7.86. The minimum Gasteiger partial charge on any atom is -0.493 e. The summed E-state index contributed by atoms with van der Waals surface area (Å²) >= 11 is 0. The van der Waals surface area contributed by atoms with Crippen molar-refractivity contribution in [2.45, 2.75) is 6.42 Å². The van der Waals surface area contributed by atoms with Crippen LogP contribution in [0, 0.1) is 10.1 Å². The van der Waals surface area contributed by atoms with Crippen molar-refractivity contribution in [3.63, 3.8) is 0 Å². The van der Waals surface area contributed by atoms with Gasteiger partial charge in [-0.05, 0) is 24.1 Å². The average molecular weight is 491 g/mol. The van der Waals surface area contributed by atoms with Gasteiger partial charge in [-0.25, -0.2) is 0 Å². The number of nitro benzene ring substituents is 1. The maximum absolute atomic E-state index is 13.1. The second kappa shape index (κ2) is 10.7. The summed E-state index contributed by atoms with van der Waals surface area (Å²) in [4.78, 5) is 27.6. The minimum atomic E-state index is -0.539. The van der Waals surface area contributed by atoms with Gasteiger partial charge in [0.2, 0.25) is 5.75 Å². The Hall–Kier alpha value is -4.73. The van der Waals surface area contributed by atoms with Crippen molar-refractivity contribution >= 4 is 33.9 Å². The number of H-pyrrole nitrogens is 1. The number of hydrogen-bond donors (Lipinski definition) is 3. The molecule has 0 unspecified atom stereocenters. The van der Waals surface area contributed by atoms with E-state index >= 15 is 0 Å². The molecule has 0 spiro atoms. The third-order valence-electron chi connectivity index (χ3n) is 5.77. The number of amides is 1. The van der Waals surface area contributed by atoms with E-state index in [4.69, 9.17) is 14.2 Å². The standard InChI is InChI=1S/C26H26N4O6/c1-34-22-13-17(14-23(35-2)25(22)36-3)29-24-19(8-6-10-21(24)30(32)33)26(31)27-12-11-16-15-28-20-9-5-4-7-18(16)20/h4-10,13-15,28-29H,11-12H2,1-3H3,(H,27,31). The monoisotopic (exact) mass is 490 g/mol. The summed E-state index contributed by atoms with van der Waals surface area (Å²) < 4.78 is 16.1. The van der Waals surface area contributed by atoms with E-state index in [9.17, 15) is 14.9 Å². The Morgan fingerprint density at radius 2 is 1.72 bits per heavy atom. The van der Waals surface area contributed by atoms with Gasteiger partial charge in [0.25, 0.3) is 11.6 Å². The molecule has 1 heterocycles. The maximum atomic E-state index is 13.1. The summed E-state index contributed by atoms with van der Waals surface area (Å²) in [5.41, 5.74) is 2.47. The number of aromatic nitrogens is 1. The fraction of sp³-hybridized carbons (Fsp3) is 0.192. The Morgan fingerprint density at radius 3 is 2.39 bits per heavy atom. The summed E-state index contributed by atoms with van der Waals surface area (Å²) in [7, 11) is 4.42. The molecule has 10 heteroatoms. The lowest BCUT2D eigenvalue weighted by atomic mass is 10.1. The lowest BCUT2D eigenvalue weighted by Gasteiger charge is -2.16. The third kappa shape index (κ3) is 4.88. The molecule has 0 saturated carbocycles. The van der Waals surface area contributed by atoms with Gasteiger partial charge in [0.15, 0.2) is 11.5 Å². The van der Waals surface area contributed by atoms with Gasteiger partial charge in [-0.15, -0.1) is 0 Å². The molecule has 10 nitrogen and oxygen atoms in total. The zero-order chi connectivity index (χ0) is 25.7. The highest BCUT2D eigenvalue weighted by atomic mass is 16.6. The number of carbonyl (C=O) groups is 1. The number of aromatic amines is 1. The van der Waals surface area contributed by atoms with Crippen LogP contribution in [0.1, 0.15) is 15.9 Å². The largest absolute Gasteiger partial charge is 0.493 e. The molecule has 0 aliphatic rings. The van der Waals surface area contributed by atoms with Crippen molar-refractivity contribution in [3.8, 4) is 17.2 Å². The predicted octanol–water partition coefficient (Wildman–Crippen LogP) is 4.82. The van der Waals surface area contributed by atoms with Gasteiger partial charge >= 0.3 is 0 Å². The van der Waals surface area contributed by atoms with Crippen molar-refractivity contribution in [2.75, 3.05) is 33.2 Å². The molecule has 0 bridgehead atoms. The third-order valence-corrected chi connectivity index (χ3v) is 5.77. The van der Waals surface area contributed by atoms with E-state index in [0.717, 1.165) is 16.5 Å². The van der Waals surface area contributed by atoms with Crippen LogP contribution in [0.3, 0.4) is 0 Å². The fourth-order valence-corrected chi connectivity index (χ4v) is 4.05. The van der Waals surface area contributed by atoms with Gasteiger partial charge in [0.05, 0.1) is 31.8 Å². The van der Waals surface area contributed by atoms with E-state index in [1.165, 1.54) is 39.5 Å². The van der Waals surface area contributed by atoms with Gasteiger partial charge in [-0.2, -0.15) is 0 Å². The number of carbonyl (C=O) groups excluding carboxylic acids is 1. The number of nitro groups is 1. The number of anilines is 2. The fourth-order valence-electron chi connectivity index (χ4n) is 4.05. The summed E-state index contributed by atoms with van der Waals surface area (Å²) in [5.74, 6) is 0.669. The molecular formula is C26H26N4O6. The lowest BCUT2D eigenvalue weighted by molar-refractivity contribution is -0.383. The summed E-state index contributed by atoms with van der Waals surface area (Å²) in [6, 6.07) is 15.5. The summed E-state index contributed by atoms with van der Waals surface area (Å²) in [6.07, 6.45) is 2.52. The first-order valence-electron chi connectivity index (χ1n) is 11.1. The molecule has 1 amide bonds. The van der Waals surface area contributed by atoms with E-state index in [-0.39, 0.29) is 16.9 Å². The first-order valence-corrected chi connectivity index (χ1v) is 11.1. The lowest BCUT2D eigenvalue weighted by Crippen LogP contribution is -2.26. The number of ether oxygens (including phenoxy) is 3. The van der Waals surface area contributed by atoms with Crippen LogP contribution in [-0.4, -0.2) is 43.7 Å². The molecule has 3 aromatic carbocycles. The number of fused-ring (bicyclic) bond motifs is 1. The number of nitrogens with one attached hydrogen (secondary N) is 3. The Morgan fingerprint density at radius 1 is 1.00 bits per heavy atom. The predicted molar refractivity (Wildman–Crippen MR) is 137 cm³/mol. The van der Waals surface area contributed by atoms with E-state index < -0.39 is 10.8 Å². The van der Waals surface area contributed by atoms with Crippen LogP contribution >= 0.6 is 0 Å². The SMILES string of the molecule is COc1cc(Nc2c(C(=O)NCCc3c[nH]c4ccccc34)cccc2[N+](=O)[O-])cc(OC)c1OC. The van der Waals surface area contributed by atoms with Crippen LogP contribution in [0.25, 0.3) is 10.9 Å². The molecule has 4 rings (SSSR count). The van der Waals surface area contributed by atoms with E-state index in [2.05, 4.69) is 15.6 Å². The smallest absolute Gasteiger partial charge is 0.293 e. The van der Waals surface area contributed by atoms with Crippen LogP contribution in [0.2, 0.25) is 0 Å². The van der Waals surface area contributed by atoms with Crippen LogP contribution in [-0.2, 0) is 6.42 Å². The molecule has 0 aliphatic heterocycles. The highest BCUT2D eigenvalue weighted by Gasteiger charge is 2.23. The average Bonchev–Trinajstić information content (AvgIpc) is 3.31. The quantitative estimate of drug-likeness (QED) is 0.215. The first kappa shape index (κ1) is 24.4. The van der Waals surface area contributed by atoms with Crippen LogP contribution in [0.15, 0.2) is 60.8 Å². The zero-order valence-electron chi connectivity index (χ0n) is 20.1. The highest BCUT2D eigenvalue weighted by Crippen LogP contribution is 2.42. The Bertz CT molecular complexity index is 1390. The van der Waals surface area contributed by atoms with Crippen molar-refractivity contribution in [1.29, 1.82) is 0 Å². The highest BCUT2D eigenvalue weighted by molar-refractivity contribution is 6.02. The van der Waals surface area contributed by atoms with E-state index in [0.29, 0.717) is 35.9 Å². The number of para-hydroxylation sites is 2. The van der Waals surface area contributed by atoms with E-state index in [1.807, 2.05) is 30.5 Å². The van der Waals surface area contributed by atoms with Gasteiger partial charge in [-0.1, -0.05) is 24.3 Å². The second-order valence-electron chi connectivity index (χ2n) is 7.86. The molecule has 1 aromatic heterocycles. The number of hydrogen-bond acceptors (Lipinski definition) is 7.